The van der Waals surface area contributed by atoms with Gasteiger partial charge in [0.15, 0.2) is 5.89 Å². The predicted molar refractivity (Wildman–Crippen MR) is 98.8 cm³/mol. The summed E-state index contributed by atoms with van der Waals surface area (Å²) in [4.78, 5) is 18.8. The van der Waals surface area contributed by atoms with Crippen molar-refractivity contribution in [3.8, 4) is 0 Å². The fourth-order valence-corrected chi connectivity index (χ4v) is 5.16. The van der Waals surface area contributed by atoms with Crippen LogP contribution in [-0.2, 0) is 10.0 Å². The van der Waals surface area contributed by atoms with Crippen molar-refractivity contribution in [1.82, 2.24) is 14.6 Å². The summed E-state index contributed by atoms with van der Waals surface area (Å²) in [5.74, 6) is 0.699. The van der Waals surface area contributed by atoms with E-state index in [1.807, 2.05) is 6.07 Å². The Labute approximate surface area is 158 Å². The lowest BCUT2D eigenvalue weighted by atomic mass is 9.93. The SMILES string of the molecule is Cc1nc(C)c(C(=O)N2CCC([C@H]3Nc4ccccc4S(=O)(=O)N3)CC2)o1. The number of anilines is 1. The van der Waals surface area contributed by atoms with E-state index < -0.39 is 10.0 Å². The Kier molecular flexibility index (Phi) is 4.43. The van der Waals surface area contributed by atoms with Crippen LogP contribution in [0.2, 0.25) is 0 Å². The molecule has 2 aliphatic heterocycles. The van der Waals surface area contributed by atoms with Crippen molar-refractivity contribution < 1.29 is 17.6 Å². The van der Waals surface area contributed by atoms with Crippen LogP contribution in [0, 0.1) is 19.8 Å². The molecule has 0 radical (unpaired) electrons. The summed E-state index contributed by atoms with van der Waals surface area (Å²) in [5.41, 5.74) is 1.21. The smallest absolute Gasteiger partial charge is 0.291 e. The molecule has 0 unspecified atom stereocenters. The normalized spacial score (nSPS) is 22.1. The molecule has 27 heavy (non-hydrogen) atoms. The van der Waals surface area contributed by atoms with E-state index in [-0.39, 0.29) is 28.6 Å². The first kappa shape index (κ1) is 18.0. The van der Waals surface area contributed by atoms with Crippen molar-refractivity contribution in [3.63, 3.8) is 0 Å². The van der Waals surface area contributed by atoms with E-state index in [9.17, 15) is 13.2 Å². The Morgan fingerprint density at radius 2 is 1.93 bits per heavy atom. The molecule has 1 fully saturated rings. The number of sulfonamides is 1. The number of oxazole rings is 1. The highest BCUT2D eigenvalue weighted by atomic mass is 32.2. The Balaban J connectivity index is 1.44. The van der Waals surface area contributed by atoms with Gasteiger partial charge in [-0.15, -0.1) is 0 Å². The van der Waals surface area contributed by atoms with E-state index in [1.54, 1.807) is 36.9 Å². The van der Waals surface area contributed by atoms with Gasteiger partial charge in [-0.1, -0.05) is 12.1 Å². The van der Waals surface area contributed by atoms with Crippen molar-refractivity contribution >= 4 is 21.6 Å². The predicted octanol–water partition coefficient (Wildman–Crippen LogP) is 1.87. The molecule has 1 saturated heterocycles. The number of nitrogens with one attached hydrogen (secondary N) is 2. The molecule has 8 nitrogen and oxygen atoms in total. The standard InChI is InChI=1S/C18H22N4O4S/c1-11-16(26-12(2)19-11)18(23)22-9-7-13(8-10-22)17-20-14-5-3-4-6-15(14)27(24,25)21-17/h3-6,13,17,20-21H,7-10H2,1-2H3/t17-/m0/s1. The quantitative estimate of drug-likeness (QED) is 0.811. The van der Waals surface area contributed by atoms with E-state index in [2.05, 4.69) is 15.0 Å². The van der Waals surface area contributed by atoms with Crippen LogP contribution in [0.15, 0.2) is 33.6 Å². The second-order valence-electron chi connectivity index (χ2n) is 7.02. The summed E-state index contributed by atoms with van der Waals surface area (Å²) in [6.07, 6.45) is 1.01. The van der Waals surface area contributed by atoms with Gasteiger partial charge in [0.2, 0.25) is 15.8 Å². The summed E-state index contributed by atoms with van der Waals surface area (Å²) in [6, 6.07) is 6.88. The number of likely N-dealkylation sites (tertiary alicyclic amines) is 1. The largest absolute Gasteiger partial charge is 0.436 e. The summed E-state index contributed by atoms with van der Waals surface area (Å²) < 4.78 is 33.1. The maximum Gasteiger partial charge on any atom is 0.291 e. The number of carbonyl (C=O) groups is 1. The van der Waals surface area contributed by atoms with Crippen LogP contribution >= 0.6 is 0 Å². The number of hydrogen-bond donors (Lipinski definition) is 2. The zero-order valence-corrected chi connectivity index (χ0v) is 16.0. The molecule has 0 saturated carbocycles. The number of benzene rings is 1. The van der Waals surface area contributed by atoms with Gasteiger partial charge in [0.1, 0.15) is 4.90 Å². The highest BCUT2D eigenvalue weighted by molar-refractivity contribution is 7.89. The third-order valence-corrected chi connectivity index (χ3v) is 6.66. The summed E-state index contributed by atoms with van der Waals surface area (Å²) >= 11 is 0. The van der Waals surface area contributed by atoms with E-state index in [0.717, 1.165) is 0 Å². The Bertz CT molecular complexity index is 977. The summed E-state index contributed by atoms with van der Waals surface area (Å²) in [5, 5.41) is 3.29. The van der Waals surface area contributed by atoms with Gasteiger partial charge in [-0.05, 0) is 37.8 Å². The van der Waals surface area contributed by atoms with Crippen LogP contribution in [0.5, 0.6) is 0 Å². The second-order valence-corrected chi connectivity index (χ2v) is 8.70. The summed E-state index contributed by atoms with van der Waals surface area (Å²) in [6.45, 7) is 4.57. The van der Waals surface area contributed by atoms with E-state index in [1.165, 1.54) is 0 Å². The van der Waals surface area contributed by atoms with Crippen LogP contribution in [0.4, 0.5) is 5.69 Å². The molecule has 2 aliphatic rings. The van der Waals surface area contributed by atoms with Crippen molar-refractivity contribution in [1.29, 1.82) is 0 Å². The Hall–Kier alpha value is -2.39. The number of aromatic nitrogens is 1. The van der Waals surface area contributed by atoms with Gasteiger partial charge < -0.3 is 14.6 Å². The molecule has 2 N–H and O–H groups in total. The molecular weight excluding hydrogens is 368 g/mol. The number of rotatable bonds is 2. The zero-order valence-electron chi connectivity index (χ0n) is 15.2. The molecule has 0 aliphatic carbocycles. The van der Waals surface area contributed by atoms with Gasteiger partial charge in [0.25, 0.3) is 5.91 Å². The maximum absolute atomic E-state index is 12.6. The maximum atomic E-state index is 12.6. The van der Waals surface area contributed by atoms with Crippen molar-refractivity contribution in [3.05, 3.63) is 41.6 Å². The Morgan fingerprint density at radius 3 is 2.59 bits per heavy atom. The number of nitrogens with zero attached hydrogens (tertiary/aromatic N) is 2. The molecule has 2 aromatic rings. The van der Waals surface area contributed by atoms with Gasteiger partial charge in [0, 0.05) is 20.0 Å². The molecule has 0 spiro atoms. The lowest BCUT2D eigenvalue weighted by molar-refractivity contribution is 0.0645. The molecule has 4 rings (SSSR count). The third kappa shape index (κ3) is 3.32. The van der Waals surface area contributed by atoms with Crippen LogP contribution in [0.3, 0.4) is 0 Å². The first-order valence-electron chi connectivity index (χ1n) is 8.96. The van der Waals surface area contributed by atoms with Crippen molar-refractivity contribution in [2.45, 2.75) is 37.8 Å². The summed E-state index contributed by atoms with van der Waals surface area (Å²) in [7, 11) is -3.53. The number of hydrogen-bond acceptors (Lipinski definition) is 6. The first-order valence-corrected chi connectivity index (χ1v) is 10.4. The molecule has 1 amide bonds. The Morgan fingerprint density at radius 1 is 1.22 bits per heavy atom. The molecule has 1 atom stereocenters. The third-order valence-electron chi connectivity index (χ3n) is 5.17. The van der Waals surface area contributed by atoms with Crippen LogP contribution in [0.1, 0.15) is 35.0 Å². The number of aryl methyl sites for hydroxylation is 2. The average molecular weight is 390 g/mol. The number of piperidine rings is 1. The number of para-hydroxylation sites is 1. The average Bonchev–Trinajstić information content (AvgIpc) is 2.99. The molecule has 1 aromatic carbocycles. The molecule has 0 bridgehead atoms. The van der Waals surface area contributed by atoms with E-state index in [0.29, 0.717) is 43.2 Å². The topological polar surface area (TPSA) is 105 Å². The van der Waals surface area contributed by atoms with E-state index in [4.69, 9.17) is 4.42 Å². The van der Waals surface area contributed by atoms with Gasteiger partial charge in [-0.3, -0.25) is 4.79 Å². The van der Waals surface area contributed by atoms with Gasteiger partial charge in [0.05, 0.1) is 17.5 Å². The van der Waals surface area contributed by atoms with Gasteiger partial charge in [-0.25, -0.2) is 13.4 Å². The van der Waals surface area contributed by atoms with Gasteiger partial charge in [-0.2, -0.15) is 4.72 Å². The molecule has 3 heterocycles. The number of amides is 1. The molecule has 1 aromatic heterocycles. The van der Waals surface area contributed by atoms with Crippen molar-refractivity contribution in [2.24, 2.45) is 5.92 Å². The fourth-order valence-electron chi connectivity index (χ4n) is 3.77. The number of carbonyl (C=O) groups excluding carboxylic acids is 1. The van der Waals surface area contributed by atoms with Crippen molar-refractivity contribution in [2.75, 3.05) is 18.4 Å². The van der Waals surface area contributed by atoms with Crippen LogP contribution in [-0.4, -0.2) is 43.5 Å². The first-order chi connectivity index (χ1) is 12.8. The van der Waals surface area contributed by atoms with E-state index >= 15 is 0 Å². The lowest BCUT2D eigenvalue weighted by Crippen LogP contribution is -2.52. The second kappa shape index (κ2) is 6.65. The highest BCUT2D eigenvalue weighted by Crippen LogP contribution is 2.31. The minimum Gasteiger partial charge on any atom is -0.436 e. The van der Waals surface area contributed by atoms with Crippen LogP contribution < -0.4 is 10.0 Å². The molecule has 9 heteroatoms. The minimum atomic E-state index is -3.53. The van der Waals surface area contributed by atoms with Crippen LogP contribution in [0.25, 0.3) is 0 Å². The molecular formula is C18H22N4O4S. The lowest BCUT2D eigenvalue weighted by Gasteiger charge is -2.38. The molecule has 144 valence electrons. The zero-order chi connectivity index (χ0) is 19.2. The monoisotopic (exact) mass is 390 g/mol. The van der Waals surface area contributed by atoms with Gasteiger partial charge >= 0.3 is 0 Å². The minimum absolute atomic E-state index is 0.0924. The fraction of sp³-hybridized carbons (Fsp3) is 0.444. The highest BCUT2D eigenvalue weighted by Gasteiger charge is 2.36. The number of fused-ring (bicyclic) bond motifs is 1.